The number of thiazole rings is 1. The zero-order valence-corrected chi connectivity index (χ0v) is 17.7. The minimum absolute atomic E-state index is 0.0788. The Morgan fingerprint density at radius 1 is 0.969 bits per heavy atom. The number of carboxylic acids is 1. The molecule has 0 spiro atoms. The first-order valence-electron chi connectivity index (χ1n) is 9.88. The first kappa shape index (κ1) is 21.3. The summed E-state index contributed by atoms with van der Waals surface area (Å²) in [5.41, 5.74) is 2.67. The average molecular weight is 445 g/mol. The maximum absolute atomic E-state index is 12.7. The van der Waals surface area contributed by atoms with Crippen LogP contribution in [-0.2, 0) is 11.3 Å². The number of hydrogen-bond acceptors (Lipinski definition) is 5. The van der Waals surface area contributed by atoms with Crippen molar-refractivity contribution in [3.05, 3.63) is 105 Å². The summed E-state index contributed by atoms with van der Waals surface area (Å²) in [6.07, 6.45) is 2.57. The second-order valence-electron chi connectivity index (χ2n) is 6.99. The van der Waals surface area contributed by atoms with Gasteiger partial charge in [-0.25, -0.2) is 4.79 Å². The van der Waals surface area contributed by atoms with E-state index in [-0.39, 0.29) is 10.7 Å². The fourth-order valence-electron chi connectivity index (χ4n) is 3.27. The molecule has 0 saturated heterocycles. The predicted molar refractivity (Wildman–Crippen MR) is 125 cm³/mol. The summed E-state index contributed by atoms with van der Waals surface area (Å²) in [7, 11) is 0. The molecule has 4 aromatic rings. The second kappa shape index (κ2) is 9.45. The van der Waals surface area contributed by atoms with Crippen molar-refractivity contribution in [2.75, 3.05) is 6.61 Å². The van der Waals surface area contributed by atoms with Gasteiger partial charge in [-0.15, -0.1) is 0 Å². The van der Waals surface area contributed by atoms with Crippen molar-refractivity contribution < 1.29 is 19.4 Å². The highest BCUT2D eigenvalue weighted by atomic mass is 32.1. The molecule has 0 unspecified atom stereocenters. The number of ketones is 1. The molecule has 0 amide bonds. The lowest BCUT2D eigenvalue weighted by atomic mass is 10.0. The molecule has 0 aliphatic rings. The summed E-state index contributed by atoms with van der Waals surface area (Å²) in [6.45, 7) is 0.659. The standard InChI is InChI=1S/C25H19NO5S/c27-23(28)13-8-17-6-10-20(11-7-17)31-15-14-26-21-12-9-19(16-22(21)32-25(26)30)24(29)18-4-2-1-3-5-18/h1-13,16H,14-15H2,(H,27,28). The lowest BCUT2D eigenvalue weighted by molar-refractivity contribution is -0.131. The van der Waals surface area contributed by atoms with Crippen molar-refractivity contribution in [1.82, 2.24) is 4.57 Å². The van der Waals surface area contributed by atoms with Crippen LogP contribution < -0.4 is 9.61 Å². The van der Waals surface area contributed by atoms with Crippen molar-refractivity contribution >= 4 is 39.4 Å². The smallest absolute Gasteiger partial charge is 0.328 e. The normalized spacial score (nSPS) is 11.1. The van der Waals surface area contributed by atoms with E-state index in [4.69, 9.17) is 9.84 Å². The topological polar surface area (TPSA) is 85.6 Å². The Labute approximate surface area is 187 Å². The monoisotopic (exact) mass is 445 g/mol. The van der Waals surface area contributed by atoms with Gasteiger partial charge < -0.3 is 9.84 Å². The molecule has 6 nitrogen and oxygen atoms in total. The van der Waals surface area contributed by atoms with Gasteiger partial charge in [0.05, 0.1) is 16.8 Å². The van der Waals surface area contributed by atoms with Crippen molar-refractivity contribution in [3.8, 4) is 5.75 Å². The van der Waals surface area contributed by atoms with E-state index in [9.17, 15) is 14.4 Å². The third kappa shape index (κ3) is 4.84. The van der Waals surface area contributed by atoms with Gasteiger partial charge in [0.1, 0.15) is 12.4 Å². The summed E-state index contributed by atoms with van der Waals surface area (Å²) in [5.74, 6) is -0.457. The largest absolute Gasteiger partial charge is 0.492 e. The fraction of sp³-hybridized carbons (Fsp3) is 0.0800. The molecule has 0 aliphatic heterocycles. The number of carbonyl (C=O) groups excluding carboxylic acids is 1. The van der Waals surface area contributed by atoms with Crippen LogP contribution in [0.15, 0.2) is 83.7 Å². The van der Waals surface area contributed by atoms with E-state index in [2.05, 4.69) is 0 Å². The Hall–Kier alpha value is -3.97. The molecular formula is C25H19NO5S. The van der Waals surface area contributed by atoms with Crippen molar-refractivity contribution in [2.45, 2.75) is 6.54 Å². The van der Waals surface area contributed by atoms with Crippen LogP contribution >= 0.6 is 11.3 Å². The van der Waals surface area contributed by atoms with Crippen molar-refractivity contribution in [3.63, 3.8) is 0 Å². The van der Waals surface area contributed by atoms with Crippen molar-refractivity contribution in [1.29, 1.82) is 0 Å². The molecule has 0 bridgehead atoms. The zero-order valence-electron chi connectivity index (χ0n) is 16.9. The number of rotatable bonds is 8. The van der Waals surface area contributed by atoms with E-state index in [1.165, 1.54) is 6.08 Å². The van der Waals surface area contributed by atoms with Gasteiger partial charge in [-0.3, -0.25) is 14.2 Å². The third-order valence-electron chi connectivity index (χ3n) is 4.85. The van der Waals surface area contributed by atoms with Gasteiger partial charge in [-0.1, -0.05) is 53.8 Å². The Morgan fingerprint density at radius 3 is 2.44 bits per heavy atom. The zero-order chi connectivity index (χ0) is 22.5. The number of nitrogens with zero attached hydrogens (tertiary/aromatic N) is 1. The van der Waals surface area contributed by atoms with Crippen LogP contribution in [0, 0.1) is 0 Å². The molecule has 0 radical (unpaired) electrons. The first-order chi connectivity index (χ1) is 15.5. The number of hydrogen-bond donors (Lipinski definition) is 1. The molecule has 1 heterocycles. The average Bonchev–Trinajstić information content (AvgIpc) is 3.12. The molecule has 1 aromatic heterocycles. The highest BCUT2D eigenvalue weighted by Gasteiger charge is 2.13. The quantitative estimate of drug-likeness (QED) is 0.319. The number of aromatic nitrogens is 1. The first-order valence-corrected chi connectivity index (χ1v) is 10.7. The highest BCUT2D eigenvalue weighted by molar-refractivity contribution is 7.16. The van der Waals surface area contributed by atoms with Gasteiger partial charge in [0.15, 0.2) is 5.78 Å². The molecule has 7 heteroatoms. The minimum Gasteiger partial charge on any atom is -0.492 e. The van der Waals surface area contributed by atoms with E-state index in [1.807, 2.05) is 18.2 Å². The van der Waals surface area contributed by atoms with Crippen LogP contribution in [0.4, 0.5) is 0 Å². The number of ether oxygens (including phenoxy) is 1. The second-order valence-corrected chi connectivity index (χ2v) is 7.98. The van der Waals surface area contributed by atoms with Gasteiger partial charge in [0, 0.05) is 17.2 Å². The molecule has 4 rings (SSSR count). The van der Waals surface area contributed by atoms with E-state index >= 15 is 0 Å². The van der Waals surface area contributed by atoms with Gasteiger partial charge in [-0.05, 0) is 42.0 Å². The molecule has 0 aliphatic carbocycles. The lowest BCUT2D eigenvalue weighted by Gasteiger charge is -2.08. The summed E-state index contributed by atoms with van der Waals surface area (Å²) in [4.78, 5) is 35.6. The van der Waals surface area contributed by atoms with Crippen LogP contribution in [0.25, 0.3) is 16.3 Å². The fourth-order valence-corrected chi connectivity index (χ4v) is 4.23. The summed E-state index contributed by atoms with van der Waals surface area (Å²) in [5, 5.41) is 8.67. The van der Waals surface area contributed by atoms with Crippen LogP contribution in [0.5, 0.6) is 5.75 Å². The van der Waals surface area contributed by atoms with Gasteiger partial charge in [0.25, 0.3) is 0 Å². The maximum atomic E-state index is 12.7. The Bertz CT molecular complexity index is 1350. The highest BCUT2D eigenvalue weighted by Crippen LogP contribution is 2.21. The third-order valence-corrected chi connectivity index (χ3v) is 5.79. The minimum atomic E-state index is -1.00. The Balaban J connectivity index is 1.44. The van der Waals surface area contributed by atoms with E-state index in [1.54, 1.807) is 59.2 Å². The SMILES string of the molecule is O=C(O)C=Cc1ccc(OCCn2c(=O)sc3cc(C(=O)c4ccccc4)ccc32)cc1. The Kier molecular flexibility index (Phi) is 6.28. The van der Waals surface area contributed by atoms with Gasteiger partial charge >= 0.3 is 10.8 Å². The molecule has 0 atom stereocenters. The van der Waals surface area contributed by atoms with Crippen LogP contribution in [0.2, 0.25) is 0 Å². The molecule has 0 saturated carbocycles. The number of benzene rings is 3. The van der Waals surface area contributed by atoms with E-state index in [0.29, 0.717) is 30.0 Å². The molecule has 1 N–H and O–H groups in total. The lowest BCUT2D eigenvalue weighted by Crippen LogP contribution is -2.17. The van der Waals surface area contributed by atoms with Crippen LogP contribution in [0.3, 0.4) is 0 Å². The van der Waals surface area contributed by atoms with Crippen LogP contribution in [-0.4, -0.2) is 28.0 Å². The molecule has 3 aromatic carbocycles. The molecule has 160 valence electrons. The summed E-state index contributed by atoms with van der Waals surface area (Å²) >= 11 is 1.11. The molecule has 32 heavy (non-hydrogen) atoms. The van der Waals surface area contributed by atoms with Gasteiger partial charge in [-0.2, -0.15) is 0 Å². The number of carbonyl (C=O) groups is 2. The molecule has 0 fully saturated rings. The van der Waals surface area contributed by atoms with Crippen LogP contribution in [0.1, 0.15) is 21.5 Å². The van der Waals surface area contributed by atoms with Gasteiger partial charge in [0.2, 0.25) is 0 Å². The van der Waals surface area contributed by atoms with Crippen molar-refractivity contribution in [2.24, 2.45) is 0 Å². The number of carboxylic acid groups (broad SMARTS) is 1. The Morgan fingerprint density at radius 2 is 1.72 bits per heavy atom. The maximum Gasteiger partial charge on any atom is 0.328 e. The van der Waals surface area contributed by atoms with E-state index < -0.39 is 5.97 Å². The number of aliphatic carboxylic acids is 1. The number of fused-ring (bicyclic) bond motifs is 1. The molecular weight excluding hydrogens is 426 g/mol. The van der Waals surface area contributed by atoms with E-state index in [0.717, 1.165) is 33.2 Å². The summed E-state index contributed by atoms with van der Waals surface area (Å²) in [6, 6.07) is 21.3. The predicted octanol–water partition coefficient (Wildman–Crippen LogP) is 4.47. The summed E-state index contributed by atoms with van der Waals surface area (Å²) < 4.78 is 8.13.